The Bertz CT molecular complexity index is 2180. The van der Waals surface area contributed by atoms with E-state index in [9.17, 15) is 45.6 Å². The molecular formula is C36H52N6O17S4. The molecule has 63 heavy (non-hydrogen) atoms. The SMILES string of the molecule is CCN(C(=O)OCOC(=O)CCCC(=O)OCC(=O)N(C[C@@H](COc1nsnc1N1CCOCC1)OC(=O)COC(C)=O)C(C)(C)C)[C@@H]1C[C@H](C)S(=O)(=O)c2sc(S(N)(=O)=O)cc21. The highest BCUT2D eigenvalue weighted by Gasteiger charge is 2.43. The summed E-state index contributed by atoms with van der Waals surface area (Å²) < 4.78 is 94.8. The van der Waals surface area contributed by atoms with Gasteiger partial charge in [-0.05, 0) is 53.5 Å². The predicted octanol–water partition coefficient (Wildman–Crippen LogP) is 1.54. The fourth-order valence-electron chi connectivity index (χ4n) is 6.32. The summed E-state index contributed by atoms with van der Waals surface area (Å²) in [5, 5.41) is 4.29. The summed E-state index contributed by atoms with van der Waals surface area (Å²) in [5.74, 6) is -3.21. The predicted molar refractivity (Wildman–Crippen MR) is 221 cm³/mol. The molecular weight excluding hydrogens is 917 g/mol. The number of sulfonamides is 1. The molecule has 2 amide bonds. The fourth-order valence-corrected chi connectivity index (χ4v) is 11.2. The van der Waals surface area contributed by atoms with Gasteiger partial charge in [0.25, 0.3) is 11.8 Å². The van der Waals surface area contributed by atoms with Crippen molar-refractivity contribution in [2.75, 3.05) is 70.9 Å². The van der Waals surface area contributed by atoms with Gasteiger partial charge >= 0.3 is 30.0 Å². The number of ether oxygens (including phenoxy) is 7. The molecule has 0 aromatic carbocycles. The molecule has 27 heteroatoms. The summed E-state index contributed by atoms with van der Waals surface area (Å²) in [7, 11) is -8.12. The molecule has 4 heterocycles. The Balaban J connectivity index is 1.26. The highest BCUT2D eigenvalue weighted by molar-refractivity contribution is 7.95. The first-order valence-corrected chi connectivity index (χ1v) is 24.2. The molecule has 1 fully saturated rings. The van der Waals surface area contributed by atoms with E-state index in [1.807, 2.05) is 4.90 Å². The smallest absolute Gasteiger partial charge is 0.413 e. The Labute approximate surface area is 372 Å². The van der Waals surface area contributed by atoms with Gasteiger partial charge in [0.15, 0.2) is 29.2 Å². The van der Waals surface area contributed by atoms with Crippen molar-refractivity contribution >= 4 is 84.6 Å². The van der Waals surface area contributed by atoms with Crippen LogP contribution in [0.3, 0.4) is 0 Å². The molecule has 2 N–H and O–H groups in total. The lowest BCUT2D eigenvalue weighted by atomic mass is 10.0. The second-order valence-electron chi connectivity index (χ2n) is 15.2. The Morgan fingerprint density at radius 1 is 1.00 bits per heavy atom. The number of amides is 2. The van der Waals surface area contributed by atoms with Crippen molar-refractivity contribution in [3.8, 4) is 5.88 Å². The first-order chi connectivity index (χ1) is 29.5. The van der Waals surface area contributed by atoms with E-state index in [-0.39, 0.29) is 65.2 Å². The average Bonchev–Trinajstić information content (AvgIpc) is 3.89. The number of rotatable bonds is 20. The molecule has 2 aliphatic heterocycles. The third-order valence-corrected chi connectivity index (χ3v) is 15.3. The number of carbonyl (C=O) groups excluding carboxylic acids is 6. The molecule has 3 atom stereocenters. The highest BCUT2D eigenvalue weighted by atomic mass is 32.3. The molecule has 2 aromatic rings. The second kappa shape index (κ2) is 22.3. The quantitative estimate of drug-likeness (QED) is 0.112. The van der Waals surface area contributed by atoms with E-state index >= 15 is 0 Å². The van der Waals surface area contributed by atoms with Crippen LogP contribution in [0.2, 0.25) is 0 Å². The summed E-state index contributed by atoms with van der Waals surface area (Å²) in [4.78, 5) is 79.9. The summed E-state index contributed by atoms with van der Waals surface area (Å²) in [6.45, 7) is 8.75. The minimum atomic E-state index is -4.23. The van der Waals surface area contributed by atoms with Gasteiger partial charge in [0.05, 0.1) is 42.8 Å². The number of hydrogen-bond acceptors (Lipinski definition) is 22. The first-order valence-electron chi connectivity index (χ1n) is 19.6. The Morgan fingerprint density at radius 3 is 2.29 bits per heavy atom. The molecule has 0 bridgehead atoms. The fraction of sp³-hybridized carbons (Fsp3) is 0.667. The Morgan fingerprint density at radius 2 is 1.67 bits per heavy atom. The van der Waals surface area contributed by atoms with Crippen LogP contribution < -0.4 is 14.8 Å². The number of nitrogens with zero attached hydrogens (tertiary/aromatic N) is 5. The summed E-state index contributed by atoms with van der Waals surface area (Å²) in [5.41, 5.74) is -0.791. The van der Waals surface area contributed by atoms with Gasteiger partial charge in [0.2, 0.25) is 22.6 Å². The first kappa shape index (κ1) is 50.9. The number of hydrogen-bond donors (Lipinski definition) is 1. The lowest BCUT2D eigenvalue weighted by Crippen LogP contribution is -2.52. The zero-order valence-electron chi connectivity index (χ0n) is 35.6. The van der Waals surface area contributed by atoms with E-state index in [2.05, 4.69) is 8.75 Å². The van der Waals surface area contributed by atoms with Crippen molar-refractivity contribution in [3.05, 3.63) is 11.6 Å². The lowest BCUT2D eigenvalue weighted by molar-refractivity contribution is -0.166. The van der Waals surface area contributed by atoms with Crippen LogP contribution in [-0.4, -0.2) is 154 Å². The topological polar surface area (TPSA) is 297 Å². The van der Waals surface area contributed by atoms with Crippen LogP contribution in [0.1, 0.15) is 78.8 Å². The molecule has 1 saturated heterocycles. The van der Waals surface area contributed by atoms with Crippen LogP contribution in [0, 0.1) is 0 Å². The van der Waals surface area contributed by atoms with Crippen molar-refractivity contribution in [1.82, 2.24) is 18.5 Å². The van der Waals surface area contributed by atoms with Crippen molar-refractivity contribution in [2.24, 2.45) is 5.14 Å². The van der Waals surface area contributed by atoms with E-state index in [0.29, 0.717) is 43.5 Å². The number of fused-ring (bicyclic) bond motifs is 1. The van der Waals surface area contributed by atoms with E-state index < -0.39 is 98.7 Å². The zero-order valence-corrected chi connectivity index (χ0v) is 38.9. The monoisotopic (exact) mass is 968 g/mol. The van der Waals surface area contributed by atoms with E-state index in [4.69, 9.17) is 38.3 Å². The van der Waals surface area contributed by atoms with Crippen LogP contribution >= 0.6 is 23.1 Å². The number of primary sulfonamides is 1. The van der Waals surface area contributed by atoms with Crippen LogP contribution in [-0.2, 0) is 72.3 Å². The summed E-state index contributed by atoms with van der Waals surface area (Å²) in [6, 6.07) is 0.258. The molecule has 2 aliphatic rings. The number of anilines is 1. The molecule has 4 rings (SSSR count). The summed E-state index contributed by atoms with van der Waals surface area (Å²) in [6.07, 6.45) is -2.74. The average molecular weight is 969 g/mol. The van der Waals surface area contributed by atoms with Crippen molar-refractivity contribution in [3.63, 3.8) is 0 Å². The maximum absolute atomic E-state index is 13.5. The Hall–Kier alpha value is -4.70. The molecule has 2 aromatic heterocycles. The largest absolute Gasteiger partial charge is 0.470 e. The summed E-state index contributed by atoms with van der Waals surface area (Å²) >= 11 is 1.43. The van der Waals surface area contributed by atoms with Gasteiger partial charge in [0, 0.05) is 50.5 Å². The molecule has 23 nitrogen and oxygen atoms in total. The third-order valence-electron chi connectivity index (χ3n) is 9.50. The van der Waals surface area contributed by atoms with Gasteiger partial charge in [-0.25, -0.2) is 31.6 Å². The molecule has 0 radical (unpaired) electrons. The van der Waals surface area contributed by atoms with E-state index in [0.717, 1.165) is 24.7 Å². The highest BCUT2D eigenvalue weighted by Crippen LogP contribution is 2.45. The minimum Gasteiger partial charge on any atom is -0.470 e. The number of carbonyl (C=O) groups is 6. The maximum Gasteiger partial charge on any atom is 0.413 e. The van der Waals surface area contributed by atoms with Crippen LogP contribution in [0.5, 0.6) is 5.88 Å². The number of morpholine rings is 1. The normalized spacial score (nSPS) is 17.7. The molecule has 0 spiro atoms. The van der Waals surface area contributed by atoms with Crippen molar-refractivity contribution in [1.29, 1.82) is 0 Å². The van der Waals surface area contributed by atoms with Gasteiger partial charge in [-0.1, -0.05) is 0 Å². The number of sulfone groups is 1. The molecule has 0 aliphatic carbocycles. The Kier molecular flexibility index (Phi) is 18.0. The van der Waals surface area contributed by atoms with Gasteiger partial charge in [-0.15, -0.1) is 15.7 Å². The van der Waals surface area contributed by atoms with Gasteiger partial charge < -0.3 is 47.9 Å². The molecule has 352 valence electrons. The van der Waals surface area contributed by atoms with Crippen LogP contribution in [0.15, 0.2) is 14.5 Å². The zero-order chi connectivity index (χ0) is 46.7. The minimum absolute atomic E-state index is 0.0319. The molecule has 0 unspecified atom stereocenters. The van der Waals surface area contributed by atoms with Gasteiger partial charge in [0.1, 0.15) is 15.0 Å². The number of aromatic nitrogens is 2. The van der Waals surface area contributed by atoms with E-state index in [1.165, 1.54) is 16.7 Å². The van der Waals surface area contributed by atoms with E-state index in [1.54, 1.807) is 27.7 Å². The van der Waals surface area contributed by atoms with Gasteiger partial charge in [-0.3, -0.25) is 19.2 Å². The number of nitrogens with two attached hydrogens (primary N) is 1. The number of thiophene rings is 1. The lowest BCUT2D eigenvalue weighted by Gasteiger charge is -2.37. The maximum atomic E-state index is 13.5. The standard InChI is InChI=1S/C36H52N6O17S4/c1-7-41(26-15-22(2)62(49,50)34-25(26)16-31(60-34)63(37,51)52)35(48)58-21-57-29(46)10-8-9-28(45)55-19-27(44)42(36(4,5)6)17-24(59-30(47)20-54-23(3)43)18-56-33-32(38-61-39-33)40-11-13-53-14-12-40/h16,22,24,26H,7-15,17-21H2,1-6H3,(H2,37,51,52)/t22-,24-,26+/m0/s1. The van der Waals surface area contributed by atoms with Crippen LogP contribution in [0.4, 0.5) is 10.6 Å². The van der Waals surface area contributed by atoms with Crippen molar-refractivity contribution < 1.29 is 78.8 Å². The van der Waals surface area contributed by atoms with Crippen LogP contribution in [0.25, 0.3) is 0 Å². The molecule has 0 saturated carbocycles. The van der Waals surface area contributed by atoms with Gasteiger partial charge in [-0.2, -0.15) is 4.37 Å². The number of esters is 4. The van der Waals surface area contributed by atoms with Crippen molar-refractivity contribution in [2.45, 2.75) is 98.6 Å². The third kappa shape index (κ3) is 14.4. The second-order valence-corrected chi connectivity index (χ2v) is 21.1.